The topological polar surface area (TPSA) is 92.5 Å². The molecule has 2 aromatic carbocycles. The van der Waals surface area contributed by atoms with Crippen LogP contribution >= 0.6 is 0 Å². The van der Waals surface area contributed by atoms with E-state index in [1.54, 1.807) is 18.2 Å². The fourth-order valence-corrected chi connectivity index (χ4v) is 4.89. The van der Waals surface area contributed by atoms with Crippen LogP contribution in [0.4, 0.5) is 5.69 Å². The first kappa shape index (κ1) is 22.3. The van der Waals surface area contributed by atoms with Crippen LogP contribution in [0.15, 0.2) is 48.7 Å². The zero-order valence-electron chi connectivity index (χ0n) is 19.4. The highest BCUT2D eigenvalue weighted by atomic mass is 16.6. The molecule has 0 radical (unpaired) electrons. The quantitative estimate of drug-likeness (QED) is 0.506. The van der Waals surface area contributed by atoms with Crippen molar-refractivity contribution in [1.29, 1.82) is 0 Å². The van der Waals surface area contributed by atoms with Crippen molar-refractivity contribution in [2.75, 3.05) is 18.5 Å². The average Bonchev–Trinajstić information content (AvgIpc) is 3.26. The van der Waals surface area contributed by atoms with Gasteiger partial charge in [-0.25, -0.2) is 0 Å². The molecule has 1 saturated carbocycles. The highest BCUT2D eigenvalue weighted by molar-refractivity contribution is 5.98. The summed E-state index contributed by atoms with van der Waals surface area (Å²) in [4.78, 5) is 29.8. The summed E-state index contributed by atoms with van der Waals surface area (Å²) in [6, 6.07) is 12.6. The van der Waals surface area contributed by atoms with E-state index >= 15 is 0 Å². The predicted molar refractivity (Wildman–Crippen MR) is 131 cm³/mol. The van der Waals surface area contributed by atoms with Crippen LogP contribution in [-0.2, 0) is 16.0 Å². The zero-order chi connectivity index (χ0) is 23.5. The van der Waals surface area contributed by atoms with Gasteiger partial charge in [-0.3, -0.25) is 9.59 Å². The van der Waals surface area contributed by atoms with Crippen LogP contribution in [0.25, 0.3) is 10.9 Å². The molecular formula is C27H31N3O4. The van der Waals surface area contributed by atoms with E-state index in [1.807, 2.05) is 30.5 Å². The number of carbonyl (C=O) groups is 2. The molecule has 1 aliphatic carbocycles. The van der Waals surface area contributed by atoms with E-state index < -0.39 is 6.04 Å². The summed E-state index contributed by atoms with van der Waals surface area (Å²) >= 11 is 0. The Bertz CT molecular complexity index is 1180. The molecule has 1 aliphatic heterocycles. The van der Waals surface area contributed by atoms with Crippen molar-refractivity contribution < 1.29 is 19.1 Å². The third-order valence-corrected chi connectivity index (χ3v) is 6.93. The maximum atomic E-state index is 13.4. The van der Waals surface area contributed by atoms with Crippen molar-refractivity contribution in [3.63, 3.8) is 0 Å². The highest BCUT2D eigenvalue weighted by Gasteiger charge is 2.29. The molecular weight excluding hydrogens is 430 g/mol. The van der Waals surface area contributed by atoms with Gasteiger partial charge in [0.2, 0.25) is 11.8 Å². The number of hydrogen-bond acceptors (Lipinski definition) is 4. The van der Waals surface area contributed by atoms with Gasteiger partial charge in [0.15, 0.2) is 11.5 Å². The second kappa shape index (κ2) is 9.79. The maximum Gasteiger partial charge on any atom is 0.247 e. The minimum absolute atomic E-state index is 0.0333. The molecule has 178 valence electrons. The molecule has 0 saturated heterocycles. The molecule has 0 bridgehead atoms. The number of amides is 2. The molecule has 7 heteroatoms. The summed E-state index contributed by atoms with van der Waals surface area (Å²) in [6.07, 6.45) is 6.16. The number of ether oxygens (including phenoxy) is 2. The number of fused-ring (bicyclic) bond motifs is 2. The van der Waals surface area contributed by atoms with Gasteiger partial charge < -0.3 is 25.1 Å². The normalized spacial score (nSPS) is 20.5. The Hall–Kier alpha value is -3.48. The lowest BCUT2D eigenvalue weighted by atomic mass is 9.82. The molecule has 1 atom stereocenters. The molecule has 3 N–H and O–H groups in total. The lowest BCUT2D eigenvalue weighted by molar-refractivity contribution is -0.130. The SMILES string of the molecule is CC1CCC(C(=O)N[C@H](Cc2c[nH]c3ccccc23)C(=O)Nc2ccc3c(c2)OCCO3)CC1. The van der Waals surface area contributed by atoms with Gasteiger partial charge in [-0.05, 0) is 55.4 Å². The number of para-hydroxylation sites is 1. The number of aromatic amines is 1. The number of H-pyrrole nitrogens is 1. The largest absolute Gasteiger partial charge is 0.486 e. The van der Waals surface area contributed by atoms with Gasteiger partial charge in [0.05, 0.1) is 0 Å². The zero-order valence-corrected chi connectivity index (χ0v) is 19.4. The molecule has 34 heavy (non-hydrogen) atoms. The Balaban J connectivity index is 1.35. The van der Waals surface area contributed by atoms with Crippen molar-refractivity contribution >= 4 is 28.4 Å². The van der Waals surface area contributed by atoms with Crippen LogP contribution in [0.1, 0.15) is 38.2 Å². The number of anilines is 1. The van der Waals surface area contributed by atoms with Crippen LogP contribution < -0.4 is 20.1 Å². The Morgan fingerprint density at radius 1 is 1.03 bits per heavy atom. The van der Waals surface area contributed by atoms with Gasteiger partial charge >= 0.3 is 0 Å². The lowest BCUT2D eigenvalue weighted by Gasteiger charge is -2.27. The smallest absolute Gasteiger partial charge is 0.247 e. The highest BCUT2D eigenvalue weighted by Crippen LogP contribution is 2.33. The van der Waals surface area contributed by atoms with E-state index in [-0.39, 0.29) is 17.7 Å². The molecule has 1 aromatic heterocycles. The van der Waals surface area contributed by atoms with Crippen molar-refractivity contribution in [3.8, 4) is 11.5 Å². The first-order valence-electron chi connectivity index (χ1n) is 12.1. The van der Waals surface area contributed by atoms with Crippen LogP contribution in [-0.4, -0.2) is 36.1 Å². The molecule has 5 rings (SSSR count). The summed E-state index contributed by atoms with van der Waals surface area (Å²) in [5.41, 5.74) is 2.62. The van der Waals surface area contributed by atoms with Gasteiger partial charge in [0, 0.05) is 41.2 Å². The second-order valence-corrected chi connectivity index (χ2v) is 9.43. The number of carbonyl (C=O) groups excluding carboxylic acids is 2. The van der Waals surface area contributed by atoms with Gasteiger partial charge in [-0.15, -0.1) is 0 Å². The molecule has 0 unspecified atom stereocenters. The van der Waals surface area contributed by atoms with Crippen molar-refractivity contribution in [2.24, 2.45) is 11.8 Å². The summed E-state index contributed by atoms with van der Waals surface area (Å²) in [6.45, 7) is 3.22. The van der Waals surface area contributed by atoms with Gasteiger partial charge in [0.1, 0.15) is 19.3 Å². The molecule has 2 heterocycles. The summed E-state index contributed by atoms with van der Waals surface area (Å²) < 4.78 is 11.2. The number of nitrogens with one attached hydrogen (secondary N) is 3. The lowest BCUT2D eigenvalue weighted by Crippen LogP contribution is -2.47. The van der Waals surface area contributed by atoms with Crippen LogP contribution in [0.5, 0.6) is 11.5 Å². The van der Waals surface area contributed by atoms with Crippen molar-refractivity contribution in [2.45, 2.75) is 45.1 Å². The summed E-state index contributed by atoms with van der Waals surface area (Å²) in [7, 11) is 0. The molecule has 0 spiro atoms. The Morgan fingerprint density at radius 3 is 2.62 bits per heavy atom. The van der Waals surface area contributed by atoms with Gasteiger partial charge in [-0.2, -0.15) is 0 Å². The maximum absolute atomic E-state index is 13.4. The predicted octanol–water partition coefficient (Wildman–Crippen LogP) is 4.43. The summed E-state index contributed by atoms with van der Waals surface area (Å²) in [5.74, 6) is 1.61. The summed E-state index contributed by atoms with van der Waals surface area (Å²) in [5, 5.41) is 7.09. The Kier molecular flexibility index (Phi) is 6.43. The molecule has 2 aliphatic rings. The number of rotatable bonds is 6. The van der Waals surface area contributed by atoms with Crippen LogP contribution in [0.3, 0.4) is 0 Å². The second-order valence-electron chi connectivity index (χ2n) is 9.43. The number of hydrogen-bond donors (Lipinski definition) is 3. The molecule has 2 amide bonds. The van der Waals surface area contributed by atoms with E-state index in [1.165, 1.54) is 0 Å². The van der Waals surface area contributed by atoms with Crippen molar-refractivity contribution in [1.82, 2.24) is 10.3 Å². The van der Waals surface area contributed by atoms with E-state index in [0.717, 1.165) is 42.1 Å². The monoisotopic (exact) mass is 461 g/mol. The number of benzene rings is 2. The van der Waals surface area contributed by atoms with E-state index in [4.69, 9.17) is 9.47 Å². The molecule has 3 aromatic rings. The number of aromatic nitrogens is 1. The third kappa shape index (κ3) is 4.88. The molecule has 1 fully saturated rings. The first-order chi connectivity index (χ1) is 16.6. The Morgan fingerprint density at radius 2 is 1.79 bits per heavy atom. The fourth-order valence-electron chi connectivity index (χ4n) is 4.89. The van der Waals surface area contributed by atoms with Gasteiger partial charge in [0.25, 0.3) is 0 Å². The van der Waals surface area contributed by atoms with E-state index in [9.17, 15) is 9.59 Å². The van der Waals surface area contributed by atoms with Crippen LogP contribution in [0.2, 0.25) is 0 Å². The van der Waals surface area contributed by atoms with Crippen molar-refractivity contribution in [3.05, 3.63) is 54.2 Å². The minimum Gasteiger partial charge on any atom is -0.486 e. The average molecular weight is 462 g/mol. The standard InChI is InChI=1S/C27H31N3O4/c1-17-6-8-18(9-7-17)26(31)30-23(14-19-16-28-22-5-3-2-4-21(19)22)27(32)29-20-10-11-24-25(15-20)34-13-12-33-24/h2-5,10-11,15-18,23,28H,6-9,12-14H2,1H3,(H,29,32)(H,30,31)/t17?,18?,23-/m1/s1. The van der Waals surface area contributed by atoms with E-state index in [2.05, 4.69) is 22.5 Å². The minimum atomic E-state index is -0.695. The van der Waals surface area contributed by atoms with Gasteiger partial charge in [-0.1, -0.05) is 25.1 Å². The third-order valence-electron chi connectivity index (χ3n) is 6.93. The Labute approximate surface area is 199 Å². The van der Waals surface area contributed by atoms with E-state index in [0.29, 0.717) is 42.7 Å². The molecule has 7 nitrogen and oxygen atoms in total. The fraction of sp³-hybridized carbons (Fsp3) is 0.407. The first-order valence-corrected chi connectivity index (χ1v) is 12.1. The van der Waals surface area contributed by atoms with Crippen LogP contribution in [0, 0.1) is 11.8 Å².